The van der Waals surface area contributed by atoms with Gasteiger partial charge in [0, 0.05) is 25.4 Å². The summed E-state index contributed by atoms with van der Waals surface area (Å²) in [5, 5.41) is 2.95. The van der Waals surface area contributed by atoms with Crippen LogP contribution < -0.4 is 11.1 Å². The van der Waals surface area contributed by atoms with Crippen LogP contribution in [0, 0.1) is 5.92 Å². The van der Waals surface area contributed by atoms with E-state index in [1.54, 1.807) is 0 Å². The third kappa shape index (κ3) is 4.79. The van der Waals surface area contributed by atoms with E-state index in [0.29, 0.717) is 13.2 Å². The summed E-state index contributed by atoms with van der Waals surface area (Å²) >= 11 is 0. The van der Waals surface area contributed by atoms with Crippen LogP contribution in [0.3, 0.4) is 0 Å². The number of likely N-dealkylation sites (tertiary alicyclic amines) is 1. The number of nitrogens with two attached hydrogens (primary N) is 1. The molecular weight excluding hydrogens is 302 g/mol. The highest BCUT2D eigenvalue weighted by molar-refractivity contribution is 5.94. The summed E-state index contributed by atoms with van der Waals surface area (Å²) in [6, 6.07) is 7.71. The van der Waals surface area contributed by atoms with Gasteiger partial charge < -0.3 is 20.7 Å². The van der Waals surface area contributed by atoms with E-state index in [4.69, 9.17) is 10.5 Å². The Morgan fingerprint density at radius 2 is 1.88 bits per heavy atom. The summed E-state index contributed by atoms with van der Waals surface area (Å²) in [6.45, 7) is 5.01. The molecule has 0 bridgehead atoms. The average molecular weight is 331 g/mol. The van der Waals surface area contributed by atoms with Gasteiger partial charge >= 0.3 is 0 Å². The molecule has 2 aliphatic heterocycles. The van der Waals surface area contributed by atoms with E-state index in [1.807, 2.05) is 12.1 Å². The number of anilines is 1. The quantitative estimate of drug-likeness (QED) is 0.837. The predicted octanol–water partition coefficient (Wildman–Crippen LogP) is 2.02. The van der Waals surface area contributed by atoms with Crippen LogP contribution in [0.25, 0.3) is 0 Å². The monoisotopic (exact) mass is 331 g/mol. The first-order chi connectivity index (χ1) is 11.7. The van der Waals surface area contributed by atoms with E-state index in [9.17, 15) is 4.79 Å². The number of nitrogens with zero attached hydrogens (tertiary/aromatic N) is 1. The Bertz CT molecular complexity index is 520. The second kappa shape index (κ2) is 8.60. The standard InChI is InChI=1S/C19H29N3O2/c20-18(16-8-13-24-14-9-16)19(23)21-17-5-3-15(4-6-17)7-12-22-10-1-2-11-22/h3-6,16,18H,1-2,7-14,20H2,(H,21,23). The number of hydrogen-bond donors (Lipinski definition) is 2. The summed E-state index contributed by atoms with van der Waals surface area (Å²) in [4.78, 5) is 14.8. The molecule has 132 valence electrons. The summed E-state index contributed by atoms with van der Waals surface area (Å²) in [7, 11) is 0. The van der Waals surface area contributed by atoms with Gasteiger partial charge in [-0.05, 0) is 68.8 Å². The minimum atomic E-state index is -0.455. The first kappa shape index (κ1) is 17.4. The number of nitrogens with one attached hydrogen (secondary N) is 1. The molecule has 0 aromatic heterocycles. The fraction of sp³-hybridized carbons (Fsp3) is 0.632. The lowest BCUT2D eigenvalue weighted by atomic mass is 9.92. The van der Waals surface area contributed by atoms with E-state index < -0.39 is 6.04 Å². The average Bonchev–Trinajstić information content (AvgIpc) is 3.15. The van der Waals surface area contributed by atoms with Crippen LogP contribution in [-0.4, -0.2) is 49.7 Å². The topological polar surface area (TPSA) is 67.6 Å². The van der Waals surface area contributed by atoms with Gasteiger partial charge in [-0.1, -0.05) is 12.1 Å². The molecular formula is C19H29N3O2. The van der Waals surface area contributed by atoms with Crippen molar-refractivity contribution in [3.63, 3.8) is 0 Å². The van der Waals surface area contributed by atoms with Crippen molar-refractivity contribution in [2.45, 2.75) is 38.1 Å². The number of carbonyl (C=O) groups excluding carboxylic acids is 1. The van der Waals surface area contributed by atoms with Crippen LogP contribution in [0.1, 0.15) is 31.2 Å². The fourth-order valence-electron chi connectivity index (χ4n) is 3.56. The Hall–Kier alpha value is -1.43. The molecule has 3 rings (SSSR count). The number of benzene rings is 1. The van der Waals surface area contributed by atoms with Crippen LogP contribution >= 0.6 is 0 Å². The molecule has 3 N–H and O–H groups in total. The van der Waals surface area contributed by atoms with Gasteiger partial charge in [-0.25, -0.2) is 0 Å². The second-order valence-electron chi connectivity index (χ2n) is 6.96. The number of carbonyl (C=O) groups is 1. The zero-order chi connectivity index (χ0) is 16.8. The molecule has 1 unspecified atom stereocenters. The van der Waals surface area contributed by atoms with Gasteiger partial charge in [0.05, 0.1) is 6.04 Å². The molecule has 2 aliphatic rings. The lowest BCUT2D eigenvalue weighted by Gasteiger charge is -2.26. The zero-order valence-corrected chi connectivity index (χ0v) is 14.4. The first-order valence-electron chi connectivity index (χ1n) is 9.18. The Morgan fingerprint density at radius 3 is 2.54 bits per heavy atom. The summed E-state index contributed by atoms with van der Waals surface area (Å²) in [5.74, 6) is 0.130. The predicted molar refractivity (Wildman–Crippen MR) is 96.0 cm³/mol. The van der Waals surface area contributed by atoms with Crippen molar-refractivity contribution in [3.05, 3.63) is 29.8 Å². The van der Waals surface area contributed by atoms with E-state index in [2.05, 4.69) is 22.3 Å². The molecule has 0 spiro atoms. The van der Waals surface area contributed by atoms with E-state index in [-0.39, 0.29) is 11.8 Å². The molecule has 24 heavy (non-hydrogen) atoms. The normalized spacial score (nSPS) is 20.9. The number of amides is 1. The maximum absolute atomic E-state index is 12.3. The maximum Gasteiger partial charge on any atom is 0.241 e. The van der Waals surface area contributed by atoms with Crippen molar-refractivity contribution in [3.8, 4) is 0 Å². The lowest BCUT2D eigenvalue weighted by molar-refractivity contribution is -0.119. The summed E-state index contributed by atoms with van der Waals surface area (Å²) < 4.78 is 5.33. The molecule has 1 atom stereocenters. The van der Waals surface area contributed by atoms with Gasteiger partial charge in [0.2, 0.25) is 5.91 Å². The minimum absolute atomic E-state index is 0.0910. The van der Waals surface area contributed by atoms with Crippen molar-refractivity contribution in [1.29, 1.82) is 0 Å². The lowest BCUT2D eigenvalue weighted by Crippen LogP contribution is -2.43. The molecule has 0 radical (unpaired) electrons. The van der Waals surface area contributed by atoms with E-state index in [1.165, 1.54) is 31.5 Å². The minimum Gasteiger partial charge on any atom is -0.381 e. The molecule has 0 saturated carbocycles. The molecule has 5 heteroatoms. The first-order valence-corrected chi connectivity index (χ1v) is 9.18. The highest BCUT2D eigenvalue weighted by atomic mass is 16.5. The molecule has 1 aromatic carbocycles. The highest BCUT2D eigenvalue weighted by Gasteiger charge is 2.26. The van der Waals surface area contributed by atoms with Gasteiger partial charge in [-0.2, -0.15) is 0 Å². The van der Waals surface area contributed by atoms with Crippen molar-refractivity contribution < 1.29 is 9.53 Å². The molecule has 2 fully saturated rings. The SMILES string of the molecule is NC(C(=O)Nc1ccc(CCN2CCCC2)cc1)C1CCOCC1. The van der Waals surface area contributed by atoms with Crippen LogP contribution in [0.2, 0.25) is 0 Å². The Morgan fingerprint density at radius 1 is 1.21 bits per heavy atom. The van der Waals surface area contributed by atoms with Crippen LogP contribution in [0.5, 0.6) is 0 Å². The number of ether oxygens (including phenoxy) is 1. The molecule has 2 heterocycles. The van der Waals surface area contributed by atoms with Crippen molar-refractivity contribution in [2.75, 3.05) is 38.2 Å². The van der Waals surface area contributed by atoms with Gasteiger partial charge in [0.15, 0.2) is 0 Å². The Labute approximate surface area is 144 Å². The van der Waals surface area contributed by atoms with Crippen LogP contribution in [0.15, 0.2) is 24.3 Å². The molecule has 0 aliphatic carbocycles. The Kier molecular flexibility index (Phi) is 6.24. The molecule has 1 aromatic rings. The maximum atomic E-state index is 12.3. The number of rotatable bonds is 6. The van der Waals surface area contributed by atoms with Crippen molar-refractivity contribution in [2.24, 2.45) is 11.7 Å². The van der Waals surface area contributed by atoms with Gasteiger partial charge in [-0.3, -0.25) is 4.79 Å². The van der Waals surface area contributed by atoms with Crippen molar-refractivity contribution >= 4 is 11.6 Å². The molecule has 1 amide bonds. The smallest absolute Gasteiger partial charge is 0.241 e. The second-order valence-corrected chi connectivity index (χ2v) is 6.96. The van der Waals surface area contributed by atoms with Crippen molar-refractivity contribution in [1.82, 2.24) is 4.90 Å². The summed E-state index contributed by atoms with van der Waals surface area (Å²) in [5.41, 5.74) is 8.25. The number of hydrogen-bond acceptors (Lipinski definition) is 4. The van der Waals surface area contributed by atoms with E-state index >= 15 is 0 Å². The Balaban J connectivity index is 1.46. The zero-order valence-electron chi connectivity index (χ0n) is 14.4. The largest absolute Gasteiger partial charge is 0.381 e. The third-order valence-electron chi connectivity index (χ3n) is 5.21. The summed E-state index contributed by atoms with van der Waals surface area (Å²) in [6.07, 6.45) is 5.46. The van der Waals surface area contributed by atoms with Crippen LogP contribution in [0.4, 0.5) is 5.69 Å². The van der Waals surface area contributed by atoms with Crippen LogP contribution in [-0.2, 0) is 16.0 Å². The molecule has 5 nitrogen and oxygen atoms in total. The highest BCUT2D eigenvalue weighted by Crippen LogP contribution is 2.19. The van der Waals surface area contributed by atoms with Gasteiger partial charge in [0.25, 0.3) is 0 Å². The van der Waals surface area contributed by atoms with Gasteiger partial charge in [0.1, 0.15) is 0 Å². The fourth-order valence-corrected chi connectivity index (χ4v) is 3.56. The van der Waals surface area contributed by atoms with Gasteiger partial charge in [-0.15, -0.1) is 0 Å². The third-order valence-corrected chi connectivity index (χ3v) is 5.21. The molecule has 2 saturated heterocycles. The van der Waals surface area contributed by atoms with E-state index in [0.717, 1.165) is 31.5 Å².